The lowest BCUT2D eigenvalue weighted by Gasteiger charge is -2.07. The van der Waals surface area contributed by atoms with Gasteiger partial charge in [-0.3, -0.25) is 4.79 Å². The fourth-order valence-corrected chi connectivity index (χ4v) is 4.81. The molecule has 0 aliphatic heterocycles. The van der Waals surface area contributed by atoms with Crippen molar-refractivity contribution in [3.05, 3.63) is 12.2 Å². The summed E-state index contributed by atoms with van der Waals surface area (Å²) < 4.78 is 5.42. The molecule has 0 aliphatic carbocycles. The van der Waals surface area contributed by atoms with Crippen molar-refractivity contribution in [3.8, 4) is 0 Å². The Hall–Kier alpha value is -0.790. The molecule has 2 heteroatoms. The highest BCUT2D eigenvalue weighted by molar-refractivity contribution is 5.69. The van der Waals surface area contributed by atoms with Crippen LogP contribution < -0.4 is 0 Å². The Morgan fingerprint density at radius 3 is 1.56 bits per heavy atom. The average Bonchev–Trinajstić information content (AvgIpc) is 2.88. The van der Waals surface area contributed by atoms with Gasteiger partial charge in [0.1, 0.15) is 0 Å². The third kappa shape index (κ3) is 29.4. The van der Waals surface area contributed by atoms with Gasteiger partial charge >= 0.3 is 5.97 Å². The zero-order valence-electron chi connectivity index (χ0n) is 25.1. The summed E-state index contributed by atoms with van der Waals surface area (Å²) in [5.41, 5.74) is 0. The maximum atomic E-state index is 11.9. The molecule has 0 aromatic rings. The van der Waals surface area contributed by atoms with Crippen molar-refractivity contribution < 1.29 is 9.53 Å². The van der Waals surface area contributed by atoms with Crippen LogP contribution in [0, 0.1) is 5.92 Å². The molecule has 0 N–H and O–H groups in total. The van der Waals surface area contributed by atoms with Crippen molar-refractivity contribution in [2.75, 3.05) is 6.61 Å². The molecule has 1 unspecified atom stereocenters. The van der Waals surface area contributed by atoms with E-state index in [-0.39, 0.29) is 5.97 Å². The average molecular weight is 507 g/mol. The van der Waals surface area contributed by atoms with Crippen LogP contribution in [0.4, 0.5) is 0 Å². The van der Waals surface area contributed by atoms with E-state index < -0.39 is 0 Å². The highest BCUT2D eigenvalue weighted by Crippen LogP contribution is 2.15. The van der Waals surface area contributed by atoms with Crippen LogP contribution in [-0.4, -0.2) is 12.6 Å². The zero-order chi connectivity index (χ0) is 26.4. The largest absolute Gasteiger partial charge is 0.466 e. The van der Waals surface area contributed by atoms with E-state index in [4.69, 9.17) is 4.74 Å². The molecule has 0 spiro atoms. The maximum Gasteiger partial charge on any atom is 0.305 e. The van der Waals surface area contributed by atoms with Crippen LogP contribution >= 0.6 is 0 Å². The van der Waals surface area contributed by atoms with Crippen molar-refractivity contribution in [2.24, 2.45) is 5.92 Å². The van der Waals surface area contributed by atoms with Crippen molar-refractivity contribution in [3.63, 3.8) is 0 Å². The number of allylic oxidation sites excluding steroid dienone is 2. The Labute approximate surface area is 227 Å². The summed E-state index contributed by atoms with van der Waals surface area (Å²) >= 11 is 0. The summed E-state index contributed by atoms with van der Waals surface area (Å²) in [7, 11) is 0. The molecule has 0 radical (unpaired) electrons. The molecule has 0 heterocycles. The summed E-state index contributed by atoms with van der Waals surface area (Å²) in [6, 6.07) is 0. The molecule has 0 aliphatic rings. The van der Waals surface area contributed by atoms with E-state index in [2.05, 4.69) is 32.9 Å². The molecule has 36 heavy (non-hydrogen) atoms. The third-order valence-electron chi connectivity index (χ3n) is 7.69. The topological polar surface area (TPSA) is 26.3 Å². The van der Waals surface area contributed by atoms with Crippen LogP contribution in [0.15, 0.2) is 12.2 Å². The third-order valence-corrected chi connectivity index (χ3v) is 7.69. The molecule has 0 aromatic carbocycles. The number of carbonyl (C=O) groups is 1. The first-order valence-electron chi connectivity index (χ1n) is 16.5. The minimum atomic E-state index is 0.0148. The summed E-state index contributed by atoms with van der Waals surface area (Å²) in [5, 5.41) is 0. The van der Waals surface area contributed by atoms with E-state index in [1.54, 1.807) is 0 Å². The highest BCUT2D eigenvalue weighted by Gasteiger charge is 2.03. The van der Waals surface area contributed by atoms with Gasteiger partial charge in [0.25, 0.3) is 0 Å². The Morgan fingerprint density at radius 1 is 0.583 bits per heavy atom. The van der Waals surface area contributed by atoms with Crippen molar-refractivity contribution in [1.29, 1.82) is 0 Å². The van der Waals surface area contributed by atoms with E-state index in [9.17, 15) is 4.79 Å². The van der Waals surface area contributed by atoms with Gasteiger partial charge in [0, 0.05) is 6.42 Å². The fourth-order valence-electron chi connectivity index (χ4n) is 4.81. The van der Waals surface area contributed by atoms with Gasteiger partial charge in [0.15, 0.2) is 0 Å². The normalized spacial score (nSPS) is 12.4. The van der Waals surface area contributed by atoms with Gasteiger partial charge in [-0.15, -0.1) is 0 Å². The van der Waals surface area contributed by atoms with Gasteiger partial charge in [-0.05, 0) is 44.4 Å². The van der Waals surface area contributed by atoms with Gasteiger partial charge in [-0.2, -0.15) is 0 Å². The molecular weight excluding hydrogens is 440 g/mol. The Balaban J connectivity index is 3.21. The first kappa shape index (κ1) is 35.2. The minimum absolute atomic E-state index is 0.0148. The number of unbranched alkanes of at least 4 members (excludes halogenated alkanes) is 20. The quantitative estimate of drug-likeness (QED) is 0.0572. The van der Waals surface area contributed by atoms with Crippen molar-refractivity contribution in [2.45, 2.75) is 188 Å². The summed E-state index contributed by atoms with van der Waals surface area (Å²) in [4.78, 5) is 11.9. The summed E-state index contributed by atoms with van der Waals surface area (Å²) in [5.74, 6) is 0.928. The van der Waals surface area contributed by atoms with E-state index in [1.807, 2.05) is 0 Å². The molecular formula is C34H66O2. The molecule has 0 aromatic heterocycles. The molecule has 1 atom stereocenters. The van der Waals surface area contributed by atoms with Crippen molar-refractivity contribution in [1.82, 2.24) is 0 Å². The number of carbonyl (C=O) groups excluding carboxylic acids is 1. The van der Waals surface area contributed by atoms with Gasteiger partial charge in [0.2, 0.25) is 0 Å². The van der Waals surface area contributed by atoms with Gasteiger partial charge in [-0.1, -0.05) is 155 Å². The van der Waals surface area contributed by atoms with Crippen molar-refractivity contribution >= 4 is 5.97 Å². The Morgan fingerprint density at radius 2 is 1.03 bits per heavy atom. The summed E-state index contributed by atoms with van der Waals surface area (Å²) in [6.07, 6.45) is 38.2. The maximum absolute atomic E-state index is 11.9. The second-order valence-electron chi connectivity index (χ2n) is 11.4. The number of ether oxygens (including phenoxy) is 1. The standard InChI is InChI=1S/C34H66O2/c1-4-6-7-8-9-10-11-12-13-14-15-19-22-25-28-31-34(35)36-32-29-26-23-20-17-16-18-21-24-27-30-33(3)5-2/h12-13,33H,4-11,14-32H2,1-3H3/b13-12-. The van der Waals surface area contributed by atoms with Crippen LogP contribution in [0.2, 0.25) is 0 Å². The first-order valence-corrected chi connectivity index (χ1v) is 16.5. The predicted octanol–water partition coefficient (Wildman–Crippen LogP) is 11.9. The molecule has 0 fully saturated rings. The molecule has 2 nitrogen and oxygen atoms in total. The number of hydrogen-bond donors (Lipinski definition) is 0. The van der Waals surface area contributed by atoms with Crippen LogP contribution in [0.3, 0.4) is 0 Å². The lowest BCUT2D eigenvalue weighted by Crippen LogP contribution is -2.05. The minimum Gasteiger partial charge on any atom is -0.466 e. The smallest absolute Gasteiger partial charge is 0.305 e. The summed E-state index contributed by atoms with van der Waals surface area (Å²) in [6.45, 7) is 7.58. The van der Waals surface area contributed by atoms with E-state index in [1.165, 1.54) is 141 Å². The van der Waals surface area contributed by atoms with E-state index in [0.717, 1.165) is 25.2 Å². The second kappa shape index (κ2) is 30.4. The Bertz CT molecular complexity index is 456. The first-order chi connectivity index (χ1) is 17.7. The zero-order valence-corrected chi connectivity index (χ0v) is 25.1. The SMILES string of the molecule is CCCCCCCC/C=C\CCCCCCCC(=O)OCCCCCCCCCCCCC(C)CC. The van der Waals surface area contributed by atoms with Crippen LogP contribution in [0.1, 0.15) is 188 Å². The lowest BCUT2D eigenvalue weighted by molar-refractivity contribution is -0.143. The monoisotopic (exact) mass is 507 g/mol. The van der Waals surface area contributed by atoms with Crippen LogP contribution in [-0.2, 0) is 9.53 Å². The molecule has 0 rings (SSSR count). The fraction of sp³-hybridized carbons (Fsp3) is 0.912. The number of rotatable bonds is 29. The molecule has 0 saturated carbocycles. The van der Waals surface area contributed by atoms with Gasteiger partial charge < -0.3 is 4.74 Å². The van der Waals surface area contributed by atoms with Gasteiger partial charge in [0.05, 0.1) is 6.61 Å². The highest BCUT2D eigenvalue weighted by atomic mass is 16.5. The predicted molar refractivity (Wildman–Crippen MR) is 161 cm³/mol. The lowest BCUT2D eigenvalue weighted by atomic mass is 9.99. The van der Waals surface area contributed by atoms with Crippen LogP contribution in [0.5, 0.6) is 0 Å². The molecule has 214 valence electrons. The molecule has 0 amide bonds. The Kier molecular flexibility index (Phi) is 29.8. The number of esters is 1. The van der Waals surface area contributed by atoms with E-state index >= 15 is 0 Å². The molecule has 0 bridgehead atoms. The molecule has 0 saturated heterocycles. The number of hydrogen-bond acceptors (Lipinski definition) is 2. The van der Waals surface area contributed by atoms with Gasteiger partial charge in [-0.25, -0.2) is 0 Å². The van der Waals surface area contributed by atoms with E-state index in [0.29, 0.717) is 13.0 Å². The van der Waals surface area contributed by atoms with Crippen LogP contribution in [0.25, 0.3) is 0 Å². The second-order valence-corrected chi connectivity index (χ2v) is 11.4.